The number of hydrogen-bond acceptors (Lipinski definition) is 5. The largest absolute Gasteiger partial charge is 0.416 e. The maximum absolute atomic E-state index is 13.3. The van der Waals surface area contributed by atoms with Crippen molar-refractivity contribution in [2.24, 2.45) is 5.10 Å². The van der Waals surface area contributed by atoms with Crippen LogP contribution < -0.4 is 10.5 Å². The number of hydrogen-bond donors (Lipinski definition) is 0. The molecule has 0 radical (unpaired) electrons. The number of ether oxygens (including phenoxy) is 1. The summed E-state index contributed by atoms with van der Waals surface area (Å²) in [4.78, 5) is 20.0. The van der Waals surface area contributed by atoms with Crippen LogP contribution in [0, 0.1) is 0 Å². The molecule has 2 heterocycles. The highest BCUT2D eigenvalue weighted by molar-refractivity contribution is 5.82. The number of aromatic nitrogens is 2. The van der Waals surface area contributed by atoms with Gasteiger partial charge in [0.2, 0.25) is 0 Å². The molecule has 0 bridgehead atoms. The molecule has 1 aliphatic rings. The second-order valence-corrected chi connectivity index (χ2v) is 8.08. The lowest BCUT2D eigenvalue weighted by atomic mass is 10.1. The van der Waals surface area contributed by atoms with Crippen molar-refractivity contribution >= 4 is 22.8 Å². The van der Waals surface area contributed by atoms with E-state index in [9.17, 15) is 18.0 Å². The maximum atomic E-state index is 13.3. The van der Waals surface area contributed by atoms with Crippen molar-refractivity contribution < 1.29 is 17.9 Å². The van der Waals surface area contributed by atoms with E-state index in [1.165, 1.54) is 18.3 Å². The molecule has 0 saturated carbocycles. The Labute approximate surface area is 198 Å². The van der Waals surface area contributed by atoms with Crippen LogP contribution in [0.2, 0.25) is 0 Å². The number of rotatable bonds is 4. The number of halogens is 3. The van der Waals surface area contributed by atoms with Crippen LogP contribution in [0.1, 0.15) is 11.1 Å². The standard InChI is InChI=1S/C26H21F3N4O2/c27-26(28,29)20-5-3-4-19(16-20)24-31-23-7-2-1-6-22(23)25(34)33(24)30-17-18-8-10-21(11-9-18)32-12-14-35-15-13-32/h1-11,16-17H,12-15H2. The molecular weight excluding hydrogens is 457 g/mol. The zero-order valence-corrected chi connectivity index (χ0v) is 18.6. The fourth-order valence-corrected chi connectivity index (χ4v) is 3.97. The number of alkyl halides is 3. The topological polar surface area (TPSA) is 59.7 Å². The first-order valence-corrected chi connectivity index (χ1v) is 11.1. The van der Waals surface area contributed by atoms with Crippen molar-refractivity contribution in [3.8, 4) is 11.4 Å². The minimum Gasteiger partial charge on any atom is -0.378 e. The van der Waals surface area contributed by atoms with Gasteiger partial charge in [0.05, 0.1) is 35.9 Å². The van der Waals surface area contributed by atoms with Crippen molar-refractivity contribution in [1.82, 2.24) is 9.66 Å². The van der Waals surface area contributed by atoms with Gasteiger partial charge in [-0.1, -0.05) is 36.4 Å². The van der Waals surface area contributed by atoms with Crippen LogP contribution in [0.15, 0.2) is 82.7 Å². The van der Waals surface area contributed by atoms with Crippen molar-refractivity contribution in [2.45, 2.75) is 6.18 Å². The van der Waals surface area contributed by atoms with Crippen molar-refractivity contribution in [3.63, 3.8) is 0 Å². The summed E-state index contributed by atoms with van der Waals surface area (Å²) < 4.78 is 46.4. The maximum Gasteiger partial charge on any atom is 0.416 e. The summed E-state index contributed by atoms with van der Waals surface area (Å²) in [7, 11) is 0. The molecule has 1 fully saturated rings. The molecule has 1 aromatic heterocycles. The van der Waals surface area contributed by atoms with Gasteiger partial charge < -0.3 is 9.64 Å². The van der Waals surface area contributed by atoms with E-state index >= 15 is 0 Å². The Morgan fingerprint density at radius 3 is 2.43 bits per heavy atom. The first-order chi connectivity index (χ1) is 16.9. The van der Waals surface area contributed by atoms with Gasteiger partial charge in [-0.3, -0.25) is 4.79 Å². The van der Waals surface area contributed by atoms with Gasteiger partial charge in [0, 0.05) is 24.3 Å². The van der Waals surface area contributed by atoms with E-state index in [0.717, 1.165) is 41.1 Å². The smallest absolute Gasteiger partial charge is 0.378 e. The lowest BCUT2D eigenvalue weighted by Crippen LogP contribution is -2.36. The molecule has 0 unspecified atom stereocenters. The summed E-state index contributed by atoms with van der Waals surface area (Å²) in [5.41, 5.74) is 1.02. The third kappa shape index (κ3) is 4.81. The summed E-state index contributed by atoms with van der Waals surface area (Å²) >= 11 is 0. The highest BCUT2D eigenvalue weighted by atomic mass is 19.4. The molecule has 1 aliphatic heterocycles. The molecule has 0 N–H and O–H groups in total. The number of fused-ring (bicyclic) bond motifs is 1. The zero-order chi connectivity index (χ0) is 24.4. The number of anilines is 1. The quantitative estimate of drug-likeness (QED) is 0.396. The Kier molecular flexibility index (Phi) is 6.08. The van der Waals surface area contributed by atoms with Gasteiger partial charge in [-0.15, -0.1) is 0 Å². The SMILES string of the molecule is O=c1c2ccccc2nc(-c2cccc(C(F)(F)F)c2)n1N=Cc1ccc(N2CCOCC2)cc1. The van der Waals surface area contributed by atoms with Crippen LogP contribution in [0.3, 0.4) is 0 Å². The van der Waals surface area contributed by atoms with Gasteiger partial charge in [-0.25, -0.2) is 4.98 Å². The second kappa shape index (κ2) is 9.34. The average Bonchev–Trinajstić information content (AvgIpc) is 2.88. The normalized spacial score (nSPS) is 14.7. The van der Waals surface area contributed by atoms with Gasteiger partial charge in [0.15, 0.2) is 5.82 Å². The molecule has 0 aliphatic carbocycles. The lowest BCUT2D eigenvalue weighted by Gasteiger charge is -2.28. The summed E-state index contributed by atoms with van der Waals surface area (Å²) in [6.45, 7) is 2.98. The predicted octanol–water partition coefficient (Wildman–Crippen LogP) is 4.80. The monoisotopic (exact) mass is 478 g/mol. The molecule has 0 atom stereocenters. The van der Waals surface area contributed by atoms with E-state index < -0.39 is 17.3 Å². The Morgan fingerprint density at radius 1 is 0.943 bits per heavy atom. The summed E-state index contributed by atoms with van der Waals surface area (Å²) in [6, 6.07) is 19.1. The first kappa shape index (κ1) is 22.8. The molecule has 3 aromatic carbocycles. The number of morpholine rings is 1. The van der Waals surface area contributed by atoms with Crippen LogP contribution in [0.4, 0.5) is 18.9 Å². The van der Waals surface area contributed by atoms with Crippen LogP contribution >= 0.6 is 0 Å². The molecule has 178 valence electrons. The molecule has 1 saturated heterocycles. The van der Waals surface area contributed by atoms with Crippen molar-refractivity contribution in [1.29, 1.82) is 0 Å². The molecule has 35 heavy (non-hydrogen) atoms. The Hall–Kier alpha value is -3.98. The fraction of sp³-hybridized carbons (Fsp3) is 0.192. The summed E-state index contributed by atoms with van der Waals surface area (Å²) in [5, 5.41) is 4.66. The average molecular weight is 478 g/mol. The molecule has 0 spiro atoms. The van der Waals surface area contributed by atoms with E-state index in [4.69, 9.17) is 4.74 Å². The van der Waals surface area contributed by atoms with Crippen LogP contribution in [0.25, 0.3) is 22.3 Å². The summed E-state index contributed by atoms with van der Waals surface area (Å²) in [6.07, 6.45) is -3.03. The molecule has 0 amide bonds. The minimum atomic E-state index is -4.52. The lowest BCUT2D eigenvalue weighted by molar-refractivity contribution is -0.137. The van der Waals surface area contributed by atoms with E-state index in [-0.39, 0.29) is 11.4 Å². The van der Waals surface area contributed by atoms with Gasteiger partial charge in [-0.2, -0.15) is 22.9 Å². The van der Waals surface area contributed by atoms with E-state index in [1.807, 2.05) is 24.3 Å². The molecule has 5 rings (SSSR count). The van der Waals surface area contributed by atoms with E-state index in [0.29, 0.717) is 24.1 Å². The van der Waals surface area contributed by atoms with Gasteiger partial charge in [0.1, 0.15) is 0 Å². The van der Waals surface area contributed by atoms with Gasteiger partial charge >= 0.3 is 6.18 Å². The fourth-order valence-electron chi connectivity index (χ4n) is 3.97. The van der Waals surface area contributed by atoms with E-state index in [2.05, 4.69) is 15.0 Å². The number of benzene rings is 3. The Balaban J connectivity index is 1.56. The first-order valence-electron chi connectivity index (χ1n) is 11.1. The van der Waals surface area contributed by atoms with Gasteiger partial charge in [0.25, 0.3) is 5.56 Å². The molecular formula is C26H21F3N4O2. The highest BCUT2D eigenvalue weighted by Crippen LogP contribution is 2.32. The molecule has 9 heteroatoms. The number of nitrogens with zero attached hydrogens (tertiary/aromatic N) is 4. The van der Waals surface area contributed by atoms with Gasteiger partial charge in [-0.05, 0) is 42.0 Å². The second-order valence-electron chi connectivity index (χ2n) is 8.08. The van der Waals surface area contributed by atoms with E-state index in [1.54, 1.807) is 24.3 Å². The molecule has 6 nitrogen and oxygen atoms in total. The zero-order valence-electron chi connectivity index (χ0n) is 18.6. The van der Waals surface area contributed by atoms with Crippen LogP contribution in [-0.4, -0.2) is 42.2 Å². The highest BCUT2D eigenvalue weighted by Gasteiger charge is 2.31. The Bertz CT molecular complexity index is 1440. The van der Waals surface area contributed by atoms with Crippen molar-refractivity contribution in [3.05, 3.63) is 94.3 Å². The third-order valence-corrected chi connectivity index (χ3v) is 5.79. The summed E-state index contributed by atoms with van der Waals surface area (Å²) in [5.74, 6) is 0.0287. The molecule has 4 aromatic rings. The Morgan fingerprint density at radius 2 is 1.69 bits per heavy atom. The predicted molar refractivity (Wildman–Crippen MR) is 129 cm³/mol. The third-order valence-electron chi connectivity index (χ3n) is 5.79. The van der Waals surface area contributed by atoms with Crippen LogP contribution in [-0.2, 0) is 10.9 Å². The number of para-hydroxylation sites is 1. The van der Waals surface area contributed by atoms with Crippen molar-refractivity contribution in [2.75, 3.05) is 31.2 Å². The minimum absolute atomic E-state index is 0.0287. The van der Waals surface area contributed by atoms with Crippen LogP contribution in [0.5, 0.6) is 0 Å².